The van der Waals surface area contributed by atoms with E-state index >= 15 is 0 Å². The summed E-state index contributed by atoms with van der Waals surface area (Å²) in [6.07, 6.45) is 4.35. The third-order valence-corrected chi connectivity index (χ3v) is 5.04. The van der Waals surface area contributed by atoms with Crippen LogP contribution in [0, 0.1) is 0 Å². The summed E-state index contributed by atoms with van der Waals surface area (Å²) in [6, 6.07) is 14.2. The van der Waals surface area contributed by atoms with Crippen molar-refractivity contribution in [1.82, 2.24) is 4.90 Å². The quantitative estimate of drug-likeness (QED) is 0.787. The monoisotopic (exact) mass is 380 g/mol. The zero-order valence-electron chi connectivity index (χ0n) is 16.6. The molecule has 0 saturated carbocycles. The summed E-state index contributed by atoms with van der Waals surface area (Å²) < 4.78 is 5.74. The Morgan fingerprint density at radius 3 is 2.43 bits per heavy atom. The molecular weight excluding hydrogens is 352 g/mol. The number of hydrogen-bond acceptors (Lipinski definition) is 3. The Labute approximate surface area is 166 Å². The predicted molar refractivity (Wildman–Crippen MR) is 111 cm³/mol. The molecule has 1 saturated heterocycles. The number of carbonyl (C=O) groups excluding carboxylic acids is 2. The Bertz CT molecular complexity index is 811. The van der Waals surface area contributed by atoms with Crippen LogP contribution in [-0.2, 0) is 0 Å². The van der Waals surface area contributed by atoms with Gasteiger partial charge >= 0.3 is 0 Å². The average Bonchev–Trinajstić information content (AvgIpc) is 2.74. The van der Waals surface area contributed by atoms with Crippen LogP contribution in [0.1, 0.15) is 60.2 Å². The summed E-state index contributed by atoms with van der Waals surface area (Å²) in [7, 11) is 0. The Kier molecular flexibility index (Phi) is 6.69. The smallest absolute Gasteiger partial charge is 0.255 e. The molecule has 1 aliphatic rings. The van der Waals surface area contributed by atoms with E-state index < -0.39 is 0 Å². The topological polar surface area (TPSA) is 58.6 Å². The Hall–Kier alpha value is -2.82. The first-order valence-electron chi connectivity index (χ1n) is 10.0. The van der Waals surface area contributed by atoms with Gasteiger partial charge in [0.05, 0.1) is 6.10 Å². The molecule has 2 amide bonds. The van der Waals surface area contributed by atoms with Gasteiger partial charge in [-0.3, -0.25) is 9.59 Å². The van der Waals surface area contributed by atoms with Crippen LogP contribution < -0.4 is 10.1 Å². The number of anilines is 1. The summed E-state index contributed by atoms with van der Waals surface area (Å²) in [5, 5.41) is 2.88. The Balaban J connectivity index is 1.64. The number of amides is 2. The van der Waals surface area contributed by atoms with Gasteiger partial charge in [-0.1, -0.05) is 13.0 Å². The number of rotatable bonds is 6. The molecular formula is C23H28N2O3. The molecule has 0 radical (unpaired) electrons. The standard InChI is InChI=1S/C23H28N2O3/c1-3-17(2)28-21-12-10-18(11-13-21)22(26)24-20-9-7-8-19(16-20)23(27)25-14-5-4-6-15-25/h7-13,16-17H,3-6,14-15H2,1-2H3,(H,24,26). The fourth-order valence-corrected chi connectivity index (χ4v) is 3.21. The summed E-state index contributed by atoms with van der Waals surface area (Å²) in [5.74, 6) is 0.569. The van der Waals surface area contributed by atoms with Gasteiger partial charge in [0.1, 0.15) is 5.75 Å². The van der Waals surface area contributed by atoms with Crippen LogP contribution in [0.15, 0.2) is 48.5 Å². The zero-order chi connectivity index (χ0) is 19.9. The molecule has 1 heterocycles. The molecule has 28 heavy (non-hydrogen) atoms. The molecule has 1 aliphatic heterocycles. The van der Waals surface area contributed by atoms with Gasteiger partial charge in [-0.15, -0.1) is 0 Å². The van der Waals surface area contributed by atoms with E-state index in [1.807, 2.05) is 11.8 Å². The van der Waals surface area contributed by atoms with Crippen LogP contribution >= 0.6 is 0 Å². The highest BCUT2D eigenvalue weighted by atomic mass is 16.5. The maximum atomic E-state index is 12.7. The molecule has 3 rings (SSSR count). The molecule has 1 N–H and O–H groups in total. The van der Waals surface area contributed by atoms with Crippen LogP contribution in [0.25, 0.3) is 0 Å². The van der Waals surface area contributed by atoms with Crippen molar-refractivity contribution in [2.45, 2.75) is 45.6 Å². The van der Waals surface area contributed by atoms with E-state index in [4.69, 9.17) is 4.74 Å². The summed E-state index contributed by atoms with van der Waals surface area (Å²) in [5.41, 5.74) is 1.77. The highest BCUT2D eigenvalue weighted by molar-refractivity contribution is 6.05. The maximum absolute atomic E-state index is 12.7. The fraction of sp³-hybridized carbons (Fsp3) is 0.391. The van der Waals surface area contributed by atoms with Gasteiger partial charge in [0.2, 0.25) is 0 Å². The van der Waals surface area contributed by atoms with Crippen molar-refractivity contribution in [3.63, 3.8) is 0 Å². The molecule has 5 nitrogen and oxygen atoms in total. The molecule has 2 aromatic rings. The van der Waals surface area contributed by atoms with E-state index in [2.05, 4.69) is 12.2 Å². The molecule has 5 heteroatoms. The normalized spacial score (nSPS) is 15.0. The lowest BCUT2D eigenvalue weighted by Crippen LogP contribution is -2.35. The molecule has 1 atom stereocenters. The Morgan fingerprint density at radius 2 is 1.75 bits per heavy atom. The second kappa shape index (κ2) is 9.40. The minimum Gasteiger partial charge on any atom is -0.491 e. The summed E-state index contributed by atoms with van der Waals surface area (Å²) in [6.45, 7) is 5.69. The van der Waals surface area contributed by atoms with Crippen molar-refractivity contribution in [2.75, 3.05) is 18.4 Å². The van der Waals surface area contributed by atoms with Gasteiger partial charge in [0.25, 0.3) is 11.8 Å². The number of likely N-dealkylation sites (tertiary alicyclic amines) is 1. The SMILES string of the molecule is CCC(C)Oc1ccc(C(=O)Nc2cccc(C(=O)N3CCCCC3)c2)cc1. The maximum Gasteiger partial charge on any atom is 0.255 e. The summed E-state index contributed by atoms with van der Waals surface area (Å²) in [4.78, 5) is 27.1. The van der Waals surface area contributed by atoms with Crippen molar-refractivity contribution in [3.8, 4) is 5.75 Å². The van der Waals surface area contributed by atoms with Crippen LogP contribution in [0.4, 0.5) is 5.69 Å². The van der Waals surface area contributed by atoms with E-state index in [0.29, 0.717) is 16.8 Å². The molecule has 1 unspecified atom stereocenters. The number of nitrogens with one attached hydrogen (secondary N) is 1. The van der Waals surface area contributed by atoms with E-state index in [0.717, 1.165) is 38.1 Å². The molecule has 148 valence electrons. The fourth-order valence-electron chi connectivity index (χ4n) is 3.21. The van der Waals surface area contributed by atoms with Crippen molar-refractivity contribution in [2.24, 2.45) is 0 Å². The van der Waals surface area contributed by atoms with Crippen LogP contribution in [0.5, 0.6) is 5.75 Å². The van der Waals surface area contributed by atoms with Gasteiger partial charge in [0, 0.05) is 29.9 Å². The molecule has 0 bridgehead atoms. The number of benzene rings is 2. The van der Waals surface area contributed by atoms with Crippen molar-refractivity contribution >= 4 is 17.5 Å². The second-order valence-corrected chi connectivity index (χ2v) is 7.25. The molecule has 0 spiro atoms. The third kappa shape index (κ3) is 5.12. The van der Waals surface area contributed by atoms with Gasteiger partial charge in [0.15, 0.2) is 0 Å². The lowest BCUT2D eigenvalue weighted by atomic mass is 10.1. The molecule has 0 aliphatic carbocycles. The number of hydrogen-bond donors (Lipinski definition) is 1. The van der Waals surface area contributed by atoms with Gasteiger partial charge in [-0.2, -0.15) is 0 Å². The first kappa shape index (κ1) is 19.9. The molecule has 2 aromatic carbocycles. The van der Waals surface area contributed by atoms with Crippen molar-refractivity contribution in [1.29, 1.82) is 0 Å². The third-order valence-electron chi connectivity index (χ3n) is 5.04. The largest absolute Gasteiger partial charge is 0.491 e. The van der Waals surface area contributed by atoms with Crippen LogP contribution in [0.3, 0.4) is 0 Å². The van der Waals surface area contributed by atoms with E-state index in [1.54, 1.807) is 48.5 Å². The van der Waals surface area contributed by atoms with E-state index in [1.165, 1.54) is 6.42 Å². The predicted octanol–water partition coefficient (Wildman–Crippen LogP) is 4.74. The van der Waals surface area contributed by atoms with E-state index in [-0.39, 0.29) is 17.9 Å². The summed E-state index contributed by atoms with van der Waals surface area (Å²) >= 11 is 0. The van der Waals surface area contributed by atoms with Crippen LogP contribution in [0.2, 0.25) is 0 Å². The van der Waals surface area contributed by atoms with Gasteiger partial charge in [-0.25, -0.2) is 0 Å². The molecule has 0 aromatic heterocycles. The zero-order valence-corrected chi connectivity index (χ0v) is 16.6. The first-order chi connectivity index (χ1) is 13.6. The van der Waals surface area contributed by atoms with Crippen LogP contribution in [-0.4, -0.2) is 35.9 Å². The average molecular weight is 380 g/mol. The lowest BCUT2D eigenvalue weighted by Gasteiger charge is -2.26. The highest BCUT2D eigenvalue weighted by Gasteiger charge is 2.18. The van der Waals surface area contributed by atoms with Gasteiger partial charge in [-0.05, 0) is 75.1 Å². The number of piperidine rings is 1. The van der Waals surface area contributed by atoms with E-state index in [9.17, 15) is 9.59 Å². The van der Waals surface area contributed by atoms with Gasteiger partial charge < -0.3 is 15.0 Å². The number of nitrogens with zero attached hydrogens (tertiary/aromatic N) is 1. The molecule has 1 fully saturated rings. The highest BCUT2D eigenvalue weighted by Crippen LogP contribution is 2.19. The Morgan fingerprint density at radius 1 is 1.04 bits per heavy atom. The minimum absolute atomic E-state index is 0.0299. The number of carbonyl (C=O) groups is 2. The minimum atomic E-state index is -0.210. The van der Waals surface area contributed by atoms with Crippen molar-refractivity contribution < 1.29 is 14.3 Å². The number of ether oxygens (including phenoxy) is 1. The first-order valence-corrected chi connectivity index (χ1v) is 10.0. The lowest BCUT2D eigenvalue weighted by molar-refractivity contribution is 0.0724. The van der Waals surface area contributed by atoms with Crippen molar-refractivity contribution in [3.05, 3.63) is 59.7 Å². The second-order valence-electron chi connectivity index (χ2n) is 7.25.